The van der Waals surface area contributed by atoms with Crippen LogP contribution in [0.15, 0.2) is 18.2 Å². The average Bonchev–Trinajstić information content (AvgIpc) is 2.91. The van der Waals surface area contributed by atoms with Crippen molar-refractivity contribution in [3.8, 4) is 0 Å². The highest BCUT2D eigenvalue weighted by Gasteiger charge is 2.29. The fourth-order valence-electron chi connectivity index (χ4n) is 2.37. The van der Waals surface area contributed by atoms with Gasteiger partial charge in [-0.25, -0.2) is 0 Å². The van der Waals surface area contributed by atoms with Gasteiger partial charge in [0.25, 0.3) is 0 Å². The van der Waals surface area contributed by atoms with Crippen LogP contribution in [0, 0.1) is 5.92 Å². The number of nitrogens with zero attached hydrogens (tertiary/aromatic N) is 1. The molecule has 2 atom stereocenters. The van der Waals surface area contributed by atoms with Crippen LogP contribution >= 0.6 is 23.2 Å². The van der Waals surface area contributed by atoms with Gasteiger partial charge in [-0.2, -0.15) is 0 Å². The van der Waals surface area contributed by atoms with E-state index in [9.17, 15) is 4.79 Å². The number of amides is 1. The van der Waals surface area contributed by atoms with Crippen LogP contribution in [0.2, 0.25) is 10.0 Å². The third-order valence-electron chi connectivity index (χ3n) is 3.71. The number of carbonyl (C=O) groups excluding carboxylic acids is 1. The zero-order chi connectivity index (χ0) is 14.7. The Morgan fingerprint density at radius 3 is 2.95 bits per heavy atom. The molecule has 0 aromatic heterocycles. The summed E-state index contributed by atoms with van der Waals surface area (Å²) in [5.74, 6) is 0.146. The highest BCUT2D eigenvalue weighted by Crippen LogP contribution is 2.30. The number of hydrogen-bond donors (Lipinski definition) is 2. The Morgan fingerprint density at radius 2 is 2.30 bits per heavy atom. The predicted molar refractivity (Wildman–Crippen MR) is 81.3 cm³/mol. The zero-order valence-corrected chi connectivity index (χ0v) is 12.8. The molecular formula is C14H18Cl2N2O2. The lowest BCUT2D eigenvalue weighted by Gasteiger charge is -2.23. The van der Waals surface area contributed by atoms with Gasteiger partial charge in [-0.05, 0) is 37.9 Å². The van der Waals surface area contributed by atoms with Crippen LogP contribution in [0.4, 0.5) is 5.69 Å². The summed E-state index contributed by atoms with van der Waals surface area (Å²) < 4.78 is 0. The number of anilines is 1. The predicted octanol–water partition coefficient (Wildman–Crippen LogP) is 2.63. The third kappa shape index (κ3) is 3.44. The molecule has 1 fully saturated rings. The van der Waals surface area contributed by atoms with E-state index in [0.29, 0.717) is 15.7 Å². The molecule has 0 saturated carbocycles. The van der Waals surface area contributed by atoms with E-state index in [4.69, 9.17) is 28.3 Å². The second-order valence-electron chi connectivity index (χ2n) is 5.10. The summed E-state index contributed by atoms with van der Waals surface area (Å²) in [6.07, 6.45) is 0.923. The van der Waals surface area contributed by atoms with Crippen LogP contribution in [0.1, 0.15) is 13.3 Å². The molecule has 6 heteroatoms. The van der Waals surface area contributed by atoms with Gasteiger partial charge in [0.05, 0.1) is 21.8 Å². The molecule has 1 aliphatic heterocycles. The second kappa shape index (κ2) is 6.76. The summed E-state index contributed by atoms with van der Waals surface area (Å²) in [6.45, 7) is 3.59. The molecule has 1 amide bonds. The first-order chi connectivity index (χ1) is 9.52. The van der Waals surface area contributed by atoms with Crippen molar-refractivity contribution in [1.82, 2.24) is 4.90 Å². The Balaban J connectivity index is 1.99. The molecule has 0 bridgehead atoms. The van der Waals surface area contributed by atoms with Gasteiger partial charge in [0, 0.05) is 13.2 Å². The highest BCUT2D eigenvalue weighted by atomic mass is 35.5. The molecule has 2 unspecified atom stereocenters. The van der Waals surface area contributed by atoms with E-state index in [0.717, 1.165) is 19.5 Å². The van der Waals surface area contributed by atoms with Crippen LogP contribution in [0.3, 0.4) is 0 Å². The first kappa shape index (κ1) is 15.6. The Hall–Kier alpha value is -0.810. The first-order valence-corrected chi connectivity index (χ1v) is 7.38. The number of benzene rings is 1. The number of rotatable bonds is 4. The smallest absolute Gasteiger partial charge is 0.241 e. The van der Waals surface area contributed by atoms with Crippen molar-refractivity contribution in [3.05, 3.63) is 28.2 Å². The van der Waals surface area contributed by atoms with Crippen molar-refractivity contribution in [1.29, 1.82) is 0 Å². The van der Waals surface area contributed by atoms with E-state index in [1.807, 2.05) is 6.92 Å². The molecule has 0 radical (unpaired) electrons. The van der Waals surface area contributed by atoms with Crippen LogP contribution in [0.5, 0.6) is 0 Å². The van der Waals surface area contributed by atoms with Crippen molar-refractivity contribution in [3.63, 3.8) is 0 Å². The highest BCUT2D eigenvalue weighted by molar-refractivity contribution is 6.44. The second-order valence-corrected chi connectivity index (χ2v) is 5.88. The van der Waals surface area contributed by atoms with E-state index in [1.54, 1.807) is 18.2 Å². The SMILES string of the molecule is CC(C(=O)Nc1cccc(Cl)c1Cl)N1CCC(CO)C1. The lowest BCUT2D eigenvalue weighted by Crippen LogP contribution is -2.40. The number of nitrogens with one attached hydrogen (secondary N) is 1. The molecule has 2 N–H and O–H groups in total. The number of halogens is 2. The van der Waals surface area contributed by atoms with Gasteiger partial charge in [0.1, 0.15) is 0 Å². The Kier molecular flexibility index (Phi) is 5.27. The molecule has 1 saturated heterocycles. The van der Waals surface area contributed by atoms with Crippen molar-refractivity contribution in [2.45, 2.75) is 19.4 Å². The van der Waals surface area contributed by atoms with Gasteiger partial charge < -0.3 is 10.4 Å². The van der Waals surface area contributed by atoms with Crippen molar-refractivity contribution in [2.24, 2.45) is 5.92 Å². The van der Waals surface area contributed by atoms with Gasteiger partial charge in [-0.3, -0.25) is 9.69 Å². The standard InChI is InChI=1S/C14H18Cl2N2O2/c1-9(18-6-5-10(7-18)8-19)14(20)17-12-4-2-3-11(15)13(12)16/h2-4,9-10,19H,5-8H2,1H3,(H,17,20). The maximum Gasteiger partial charge on any atom is 0.241 e. The van der Waals surface area contributed by atoms with Crippen molar-refractivity contribution < 1.29 is 9.90 Å². The van der Waals surface area contributed by atoms with Crippen molar-refractivity contribution in [2.75, 3.05) is 25.0 Å². The number of hydrogen-bond acceptors (Lipinski definition) is 3. The molecule has 1 aliphatic rings. The molecule has 0 aliphatic carbocycles. The molecule has 110 valence electrons. The van der Waals surface area contributed by atoms with Crippen molar-refractivity contribution >= 4 is 34.8 Å². The Morgan fingerprint density at radius 1 is 1.55 bits per heavy atom. The summed E-state index contributed by atoms with van der Waals surface area (Å²) in [4.78, 5) is 14.3. The van der Waals surface area contributed by atoms with E-state index in [2.05, 4.69) is 10.2 Å². The Bertz CT molecular complexity index is 496. The molecule has 4 nitrogen and oxygen atoms in total. The summed E-state index contributed by atoms with van der Waals surface area (Å²) in [5, 5.41) is 12.7. The minimum atomic E-state index is -0.262. The van der Waals surface area contributed by atoms with Crippen LogP contribution in [-0.4, -0.2) is 41.7 Å². The summed E-state index contributed by atoms with van der Waals surface area (Å²) >= 11 is 12.0. The van der Waals surface area contributed by atoms with Gasteiger partial charge in [-0.15, -0.1) is 0 Å². The summed E-state index contributed by atoms with van der Waals surface area (Å²) in [5.41, 5.74) is 0.522. The number of likely N-dealkylation sites (tertiary alicyclic amines) is 1. The monoisotopic (exact) mass is 316 g/mol. The number of carbonyl (C=O) groups is 1. The van der Waals surface area contributed by atoms with E-state index in [-0.39, 0.29) is 24.5 Å². The summed E-state index contributed by atoms with van der Waals surface area (Å²) in [7, 11) is 0. The lowest BCUT2D eigenvalue weighted by molar-refractivity contribution is -0.120. The minimum absolute atomic E-state index is 0.118. The van der Waals surface area contributed by atoms with Crippen LogP contribution < -0.4 is 5.32 Å². The molecule has 20 heavy (non-hydrogen) atoms. The number of aliphatic hydroxyl groups is 1. The molecule has 0 spiro atoms. The van der Waals surface area contributed by atoms with E-state index < -0.39 is 0 Å². The van der Waals surface area contributed by atoms with E-state index in [1.165, 1.54) is 0 Å². The quantitative estimate of drug-likeness (QED) is 0.897. The maximum atomic E-state index is 12.2. The van der Waals surface area contributed by atoms with Gasteiger partial charge in [0.15, 0.2) is 0 Å². The minimum Gasteiger partial charge on any atom is -0.396 e. The topological polar surface area (TPSA) is 52.6 Å². The average molecular weight is 317 g/mol. The largest absolute Gasteiger partial charge is 0.396 e. The molecular weight excluding hydrogens is 299 g/mol. The fourth-order valence-corrected chi connectivity index (χ4v) is 2.71. The molecule has 1 aromatic carbocycles. The van der Waals surface area contributed by atoms with Crippen LogP contribution in [0.25, 0.3) is 0 Å². The van der Waals surface area contributed by atoms with Gasteiger partial charge in [-0.1, -0.05) is 29.3 Å². The molecule has 1 aromatic rings. The maximum absolute atomic E-state index is 12.2. The fraction of sp³-hybridized carbons (Fsp3) is 0.500. The third-order valence-corrected chi connectivity index (χ3v) is 4.53. The van der Waals surface area contributed by atoms with Gasteiger partial charge in [0.2, 0.25) is 5.91 Å². The van der Waals surface area contributed by atoms with Crippen LogP contribution in [-0.2, 0) is 4.79 Å². The number of aliphatic hydroxyl groups excluding tert-OH is 1. The first-order valence-electron chi connectivity index (χ1n) is 6.62. The summed E-state index contributed by atoms with van der Waals surface area (Å²) in [6, 6.07) is 4.88. The van der Waals surface area contributed by atoms with Gasteiger partial charge >= 0.3 is 0 Å². The lowest BCUT2D eigenvalue weighted by atomic mass is 10.1. The molecule has 2 rings (SSSR count). The molecule has 1 heterocycles. The van der Waals surface area contributed by atoms with E-state index >= 15 is 0 Å². The Labute approximate surface area is 128 Å². The zero-order valence-electron chi connectivity index (χ0n) is 11.3. The normalized spacial score (nSPS) is 20.9.